The Balaban J connectivity index is 1.56. The maximum absolute atomic E-state index is 12.4. The predicted octanol–water partition coefficient (Wildman–Crippen LogP) is 3.72. The van der Waals surface area contributed by atoms with Gasteiger partial charge in [-0.2, -0.15) is 0 Å². The van der Waals surface area contributed by atoms with E-state index in [2.05, 4.69) is 10.3 Å². The van der Waals surface area contributed by atoms with Crippen molar-refractivity contribution in [3.05, 3.63) is 57.6 Å². The number of nitro groups is 1. The lowest BCUT2D eigenvalue weighted by Gasteiger charge is -2.15. The molecule has 0 fully saturated rings. The summed E-state index contributed by atoms with van der Waals surface area (Å²) in [5.41, 5.74) is 0.796. The van der Waals surface area contributed by atoms with Crippen molar-refractivity contribution in [2.45, 2.75) is 25.9 Å². The number of rotatable bonds is 8. The van der Waals surface area contributed by atoms with Gasteiger partial charge in [-0.05, 0) is 25.1 Å². The van der Waals surface area contributed by atoms with Gasteiger partial charge in [0, 0.05) is 18.6 Å². The molecule has 1 aromatic heterocycles. The second kappa shape index (κ2) is 9.31. The Bertz CT molecular complexity index is 1060. The third-order valence-corrected chi connectivity index (χ3v) is 5.31. The molecule has 0 saturated carbocycles. The molecule has 0 aliphatic carbocycles. The number of hydrogen-bond donors (Lipinski definition) is 1. The highest BCUT2D eigenvalue weighted by molar-refractivity contribution is 7.18. The SMILES string of the molecule is COc1ccc([N+](=O)[O-])cc1NC(=O)[C@@H](C)OC(=O)CCc1nc2ccccc2s1. The number of esters is 1. The normalized spacial score (nSPS) is 11.7. The highest BCUT2D eigenvalue weighted by Crippen LogP contribution is 2.29. The summed E-state index contributed by atoms with van der Waals surface area (Å²) in [6.07, 6.45) is -0.597. The Hall–Kier alpha value is -3.53. The summed E-state index contributed by atoms with van der Waals surface area (Å²) in [7, 11) is 1.38. The number of para-hydroxylation sites is 1. The first-order chi connectivity index (χ1) is 14.4. The quantitative estimate of drug-likeness (QED) is 0.329. The van der Waals surface area contributed by atoms with Crippen molar-refractivity contribution in [3.63, 3.8) is 0 Å². The van der Waals surface area contributed by atoms with Crippen LogP contribution >= 0.6 is 11.3 Å². The van der Waals surface area contributed by atoms with E-state index in [1.165, 1.54) is 43.6 Å². The Kier molecular flexibility index (Phi) is 6.58. The van der Waals surface area contributed by atoms with Crippen LogP contribution < -0.4 is 10.1 Å². The highest BCUT2D eigenvalue weighted by Gasteiger charge is 2.21. The zero-order chi connectivity index (χ0) is 21.7. The molecule has 1 N–H and O–H groups in total. The minimum absolute atomic E-state index is 0.0809. The summed E-state index contributed by atoms with van der Waals surface area (Å²) >= 11 is 1.51. The van der Waals surface area contributed by atoms with Crippen LogP contribution in [0.3, 0.4) is 0 Å². The van der Waals surface area contributed by atoms with Crippen molar-refractivity contribution < 1.29 is 24.0 Å². The van der Waals surface area contributed by atoms with E-state index >= 15 is 0 Å². The molecule has 0 spiro atoms. The van der Waals surface area contributed by atoms with Gasteiger partial charge in [0.1, 0.15) is 5.75 Å². The van der Waals surface area contributed by atoms with Gasteiger partial charge in [-0.25, -0.2) is 4.98 Å². The van der Waals surface area contributed by atoms with Crippen LogP contribution in [-0.4, -0.2) is 35.0 Å². The molecule has 0 aliphatic heterocycles. The first-order valence-electron chi connectivity index (χ1n) is 9.04. The fourth-order valence-corrected chi connectivity index (χ4v) is 3.65. The number of benzene rings is 2. The fourth-order valence-electron chi connectivity index (χ4n) is 2.69. The van der Waals surface area contributed by atoms with Gasteiger partial charge >= 0.3 is 5.97 Å². The van der Waals surface area contributed by atoms with Crippen molar-refractivity contribution in [1.29, 1.82) is 0 Å². The van der Waals surface area contributed by atoms with Crippen LogP contribution in [0.1, 0.15) is 18.4 Å². The molecule has 3 rings (SSSR count). The van der Waals surface area contributed by atoms with Crippen LogP contribution in [-0.2, 0) is 20.7 Å². The molecule has 10 heteroatoms. The van der Waals surface area contributed by atoms with Crippen molar-refractivity contribution in [1.82, 2.24) is 4.98 Å². The Morgan fingerprint density at radius 3 is 2.73 bits per heavy atom. The average molecular weight is 429 g/mol. The van der Waals surface area contributed by atoms with Gasteiger partial charge < -0.3 is 14.8 Å². The lowest BCUT2D eigenvalue weighted by atomic mass is 10.2. The molecule has 30 heavy (non-hydrogen) atoms. The number of thiazole rings is 1. The summed E-state index contributed by atoms with van der Waals surface area (Å²) in [6, 6.07) is 11.5. The fraction of sp³-hybridized carbons (Fsp3) is 0.250. The number of methoxy groups -OCH3 is 1. The second-order valence-corrected chi connectivity index (χ2v) is 7.45. The van der Waals surface area contributed by atoms with Gasteiger partial charge in [-0.1, -0.05) is 12.1 Å². The molecule has 9 nitrogen and oxygen atoms in total. The third kappa shape index (κ3) is 5.09. The molecular formula is C20H19N3O6S. The zero-order valence-electron chi connectivity index (χ0n) is 16.3. The number of carbonyl (C=O) groups excluding carboxylic acids is 2. The van der Waals surface area contributed by atoms with E-state index in [0.29, 0.717) is 6.42 Å². The van der Waals surface area contributed by atoms with Crippen molar-refractivity contribution >= 4 is 44.8 Å². The van der Waals surface area contributed by atoms with Crippen molar-refractivity contribution in [3.8, 4) is 5.75 Å². The number of non-ortho nitro benzene ring substituents is 1. The number of anilines is 1. The molecule has 1 atom stereocenters. The summed E-state index contributed by atoms with van der Waals surface area (Å²) in [6.45, 7) is 1.43. The summed E-state index contributed by atoms with van der Waals surface area (Å²) in [5.74, 6) is -0.909. The Morgan fingerprint density at radius 1 is 1.27 bits per heavy atom. The molecule has 1 amide bonds. The monoisotopic (exact) mass is 429 g/mol. The number of ether oxygens (including phenoxy) is 2. The van der Waals surface area contributed by atoms with Crippen LogP contribution in [0.4, 0.5) is 11.4 Å². The molecule has 0 unspecified atom stereocenters. The molecular weight excluding hydrogens is 410 g/mol. The number of nitro benzene ring substituents is 1. The van der Waals surface area contributed by atoms with Crippen LogP contribution in [0.2, 0.25) is 0 Å². The summed E-state index contributed by atoms with van der Waals surface area (Å²) < 4.78 is 11.3. The lowest BCUT2D eigenvalue weighted by molar-refractivity contribution is -0.384. The number of hydrogen-bond acceptors (Lipinski definition) is 8. The van der Waals surface area contributed by atoms with Crippen LogP contribution in [0.25, 0.3) is 10.2 Å². The molecule has 3 aromatic rings. The number of aromatic nitrogens is 1. The third-order valence-electron chi connectivity index (χ3n) is 4.21. The van der Waals surface area contributed by atoms with Crippen LogP contribution in [0, 0.1) is 10.1 Å². The lowest BCUT2D eigenvalue weighted by Crippen LogP contribution is -2.30. The largest absolute Gasteiger partial charge is 0.495 e. The minimum atomic E-state index is -1.09. The topological polar surface area (TPSA) is 121 Å². The van der Waals surface area contributed by atoms with Gasteiger partial charge in [-0.3, -0.25) is 19.7 Å². The molecule has 0 bridgehead atoms. The first-order valence-corrected chi connectivity index (χ1v) is 9.86. The molecule has 0 aliphatic rings. The van der Waals surface area contributed by atoms with E-state index in [1.54, 1.807) is 0 Å². The standard InChI is InChI=1S/C20H19N3O6S/c1-12(20(25)22-15-11-13(23(26)27)7-8-16(15)28-2)29-19(24)10-9-18-21-14-5-3-4-6-17(14)30-18/h3-8,11-12H,9-10H2,1-2H3,(H,22,25)/t12-/m1/s1. The van der Waals surface area contributed by atoms with E-state index in [4.69, 9.17) is 9.47 Å². The number of aryl methyl sites for hydroxylation is 1. The number of nitrogens with zero attached hydrogens (tertiary/aromatic N) is 2. The van der Waals surface area contributed by atoms with E-state index in [9.17, 15) is 19.7 Å². The Labute approximate surface area is 175 Å². The van der Waals surface area contributed by atoms with Gasteiger partial charge in [0.25, 0.3) is 11.6 Å². The maximum Gasteiger partial charge on any atom is 0.306 e. The number of fused-ring (bicyclic) bond motifs is 1. The zero-order valence-corrected chi connectivity index (χ0v) is 17.1. The molecule has 156 valence electrons. The smallest absolute Gasteiger partial charge is 0.306 e. The molecule has 2 aromatic carbocycles. The number of amides is 1. The van der Waals surface area contributed by atoms with E-state index in [-0.39, 0.29) is 23.5 Å². The summed E-state index contributed by atoms with van der Waals surface area (Å²) in [4.78, 5) is 39.3. The van der Waals surface area contributed by atoms with Gasteiger partial charge in [0.2, 0.25) is 0 Å². The average Bonchev–Trinajstić information content (AvgIpc) is 3.15. The molecule has 0 radical (unpaired) electrons. The van der Waals surface area contributed by atoms with Gasteiger partial charge in [0.05, 0.1) is 39.4 Å². The molecule has 0 saturated heterocycles. The number of carbonyl (C=O) groups is 2. The molecule has 1 heterocycles. The van der Waals surface area contributed by atoms with Crippen molar-refractivity contribution in [2.75, 3.05) is 12.4 Å². The summed E-state index contributed by atoms with van der Waals surface area (Å²) in [5, 5.41) is 14.3. The van der Waals surface area contributed by atoms with Gasteiger partial charge in [-0.15, -0.1) is 11.3 Å². The van der Waals surface area contributed by atoms with E-state index in [0.717, 1.165) is 15.2 Å². The predicted molar refractivity (Wildman–Crippen MR) is 112 cm³/mol. The maximum atomic E-state index is 12.4. The Morgan fingerprint density at radius 2 is 2.03 bits per heavy atom. The second-order valence-electron chi connectivity index (χ2n) is 6.34. The highest BCUT2D eigenvalue weighted by atomic mass is 32.1. The van der Waals surface area contributed by atoms with Crippen molar-refractivity contribution in [2.24, 2.45) is 0 Å². The van der Waals surface area contributed by atoms with Crippen LogP contribution in [0.15, 0.2) is 42.5 Å². The first kappa shape index (κ1) is 21.2. The number of nitrogens with one attached hydrogen (secondary N) is 1. The van der Waals surface area contributed by atoms with Crippen LogP contribution in [0.5, 0.6) is 5.75 Å². The van der Waals surface area contributed by atoms with E-state index < -0.39 is 22.9 Å². The minimum Gasteiger partial charge on any atom is -0.495 e. The van der Waals surface area contributed by atoms with Gasteiger partial charge in [0.15, 0.2) is 6.10 Å². The van der Waals surface area contributed by atoms with E-state index in [1.807, 2.05) is 24.3 Å².